The molecular weight excluding hydrogens is 462 g/mol. The van der Waals surface area contributed by atoms with Crippen molar-refractivity contribution in [3.8, 4) is 0 Å². The number of aliphatic carboxylic acids is 1. The molecule has 0 unspecified atom stereocenters. The van der Waals surface area contributed by atoms with Crippen LogP contribution < -0.4 is 11.1 Å². The fourth-order valence-corrected chi connectivity index (χ4v) is 3.23. The third kappa shape index (κ3) is 5.44. The van der Waals surface area contributed by atoms with Crippen molar-refractivity contribution < 1.29 is 14.7 Å². The van der Waals surface area contributed by atoms with E-state index in [1.807, 2.05) is 49.4 Å². The van der Waals surface area contributed by atoms with Gasteiger partial charge in [0, 0.05) is 11.9 Å². The molecule has 0 spiro atoms. The monoisotopic (exact) mass is 485 g/mol. The lowest BCUT2D eigenvalue weighted by molar-refractivity contribution is -0.135. The van der Waals surface area contributed by atoms with E-state index in [2.05, 4.69) is 32.0 Å². The fraction of sp³-hybridized carbons (Fsp3) is 0.182. The van der Waals surface area contributed by atoms with E-state index in [1.54, 1.807) is 7.05 Å². The van der Waals surface area contributed by atoms with Crippen LogP contribution in [-0.4, -0.2) is 45.1 Å². The van der Waals surface area contributed by atoms with Gasteiger partial charge in [0.25, 0.3) is 5.91 Å². The molecule has 0 aliphatic carbocycles. The van der Waals surface area contributed by atoms with Gasteiger partial charge in [-0.05, 0) is 25.6 Å². The number of fused-ring (bicyclic) bond motifs is 3. The van der Waals surface area contributed by atoms with E-state index in [0.717, 1.165) is 22.2 Å². The second-order valence-electron chi connectivity index (χ2n) is 6.69. The van der Waals surface area contributed by atoms with Crippen LogP contribution in [0, 0.1) is 6.92 Å². The predicted molar refractivity (Wildman–Crippen MR) is 126 cm³/mol. The molecule has 0 atom stereocenters. The van der Waals surface area contributed by atoms with Crippen molar-refractivity contribution in [2.75, 3.05) is 13.6 Å². The number of nitrogens with one attached hydrogen (secondary N) is 1. The summed E-state index contributed by atoms with van der Waals surface area (Å²) in [5.41, 5.74) is 9.13. The van der Waals surface area contributed by atoms with Crippen LogP contribution in [0.1, 0.15) is 21.9 Å². The Labute approximate surface area is 189 Å². The van der Waals surface area contributed by atoms with Gasteiger partial charge in [0.1, 0.15) is 11.3 Å². The number of amides is 1. The van der Waals surface area contributed by atoms with Crippen LogP contribution in [0.4, 0.5) is 0 Å². The highest BCUT2D eigenvalue weighted by atomic mass is 79.9. The number of hydrogen-bond donors (Lipinski definition) is 3. The maximum absolute atomic E-state index is 11.8. The quantitative estimate of drug-likeness (QED) is 0.399. The Kier molecular flexibility index (Phi) is 8.23. The molecule has 31 heavy (non-hydrogen) atoms. The minimum Gasteiger partial charge on any atom is -0.480 e. The highest BCUT2D eigenvalue weighted by molar-refractivity contribution is 8.93. The third-order valence-corrected chi connectivity index (χ3v) is 4.52. The number of carbonyl (C=O) groups excluding carboxylic acids is 1. The average molecular weight is 486 g/mol. The summed E-state index contributed by atoms with van der Waals surface area (Å²) in [7, 11) is 1.59. The fourth-order valence-electron chi connectivity index (χ4n) is 3.23. The number of benzene rings is 2. The van der Waals surface area contributed by atoms with Crippen molar-refractivity contribution in [2.24, 2.45) is 5.73 Å². The number of rotatable bonds is 5. The number of carbonyl (C=O) groups is 2. The van der Waals surface area contributed by atoms with Gasteiger partial charge < -0.3 is 20.7 Å². The number of nitrogens with two attached hydrogens (primary N) is 1. The molecule has 4 aromatic rings. The SMILES string of the molecule is Br.CNCC(=O)O.Cc1nc2c(C(N)=O)nc3ccccc3c2n1Cc1ccccc1. The van der Waals surface area contributed by atoms with Gasteiger partial charge in [0.05, 0.1) is 17.6 Å². The first-order chi connectivity index (χ1) is 14.4. The smallest absolute Gasteiger partial charge is 0.317 e. The number of nitrogens with zero attached hydrogens (tertiary/aromatic N) is 3. The Bertz CT molecular complexity index is 1210. The average Bonchev–Trinajstić information content (AvgIpc) is 3.04. The van der Waals surface area contributed by atoms with Gasteiger partial charge in [-0.1, -0.05) is 48.5 Å². The van der Waals surface area contributed by atoms with E-state index >= 15 is 0 Å². The number of hydrogen-bond acceptors (Lipinski definition) is 5. The van der Waals surface area contributed by atoms with Crippen LogP contribution in [0.2, 0.25) is 0 Å². The van der Waals surface area contributed by atoms with E-state index in [9.17, 15) is 9.59 Å². The molecule has 0 saturated heterocycles. The molecule has 0 aliphatic rings. The van der Waals surface area contributed by atoms with Crippen LogP contribution >= 0.6 is 17.0 Å². The van der Waals surface area contributed by atoms with Crippen LogP contribution in [-0.2, 0) is 11.3 Å². The second-order valence-corrected chi connectivity index (χ2v) is 6.69. The van der Waals surface area contributed by atoms with E-state index in [4.69, 9.17) is 10.8 Å². The molecule has 8 nitrogen and oxygen atoms in total. The number of likely N-dealkylation sites (N-methyl/N-ethyl adjacent to an activating group) is 1. The topological polar surface area (TPSA) is 123 Å². The summed E-state index contributed by atoms with van der Waals surface area (Å²) in [6.45, 7) is 2.65. The summed E-state index contributed by atoms with van der Waals surface area (Å²) in [4.78, 5) is 30.4. The number of carboxylic acids is 1. The summed E-state index contributed by atoms with van der Waals surface area (Å²) in [5, 5.41) is 11.3. The first-order valence-electron chi connectivity index (χ1n) is 9.38. The number of aromatic nitrogens is 3. The Morgan fingerprint density at radius 1 is 1.06 bits per heavy atom. The van der Waals surface area contributed by atoms with Gasteiger partial charge in [-0.25, -0.2) is 9.97 Å². The highest BCUT2D eigenvalue weighted by Gasteiger charge is 2.19. The largest absolute Gasteiger partial charge is 0.480 e. The van der Waals surface area contributed by atoms with Crippen molar-refractivity contribution in [1.29, 1.82) is 0 Å². The molecule has 2 aromatic heterocycles. The van der Waals surface area contributed by atoms with Crippen molar-refractivity contribution in [3.05, 3.63) is 71.7 Å². The lowest BCUT2D eigenvalue weighted by Crippen LogP contribution is -2.16. The summed E-state index contributed by atoms with van der Waals surface area (Å²) >= 11 is 0. The van der Waals surface area contributed by atoms with Gasteiger partial charge >= 0.3 is 5.97 Å². The molecule has 0 fully saturated rings. The Morgan fingerprint density at radius 2 is 1.71 bits per heavy atom. The number of pyridine rings is 1. The van der Waals surface area contributed by atoms with Gasteiger partial charge in [0.2, 0.25) is 0 Å². The Morgan fingerprint density at radius 3 is 2.29 bits per heavy atom. The lowest BCUT2D eigenvalue weighted by Gasteiger charge is -2.09. The molecule has 2 aromatic carbocycles. The van der Waals surface area contributed by atoms with Crippen molar-refractivity contribution >= 4 is 50.8 Å². The third-order valence-electron chi connectivity index (χ3n) is 4.52. The molecule has 4 rings (SSSR count). The van der Waals surface area contributed by atoms with Gasteiger partial charge in [-0.2, -0.15) is 0 Å². The zero-order chi connectivity index (χ0) is 21.7. The maximum atomic E-state index is 11.8. The summed E-state index contributed by atoms with van der Waals surface area (Å²) < 4.78 is 2.11. The highest BCUT2D eigenvalue weighted by Crippen LogP contribution is 2.28. The summed E-state index contributed by atoms with van der Waals surface area (Å²) in [6, 6.07) is 17.9. The summed E-state index contributed by atoms with van der Waals surface area (Å²) in [5.74, 6) is -0.554. The molecule has 0 bridgehead atoms. The molecule has 0 aliphatic heterocycles. The van der Waals surface area contributed by atoms with Crippen LogP contribution in [0.25, 0.3) is 21.9 Å². The van der Waals surface area contributed by atoms with Gasteiger partial charge in [-0.15, -0.1) is 17.0 Å². The number of carboxylic acid groups (broad SMARTS) is 1. The van der Waals surface area contributed by atoms with E-state index < -0.39 is 11.9 Å². The normalized spacial score (nSPS) is 10.3. The van der Waals surface area contributed by atoms with Gasteiger partial charge in [-0.3, -0.25) is 9.59 Å². The molecule has 1 amide bonds. The number of para-hydroxylation sites is 1. The van der Waals surface area contributed by atoms with E-state index in [1.165, 1.54) is 5.56 Å². The Balaban J connectivity index is 0.000000433. The van der Waals surface area contributed by atoms with Crippen molar-refractivity contribution in [3.63, 3.8) is 0 Å². The molecule has 0 radical (unpaired) electrons. The van der Waals surface area contributed by atoms with Crippen LogP contribution in [0.15, 0.2) is 54.6 Å². The standard InChI is InChI=1S/C19H16N4O.C3H7NO2.BrH/c1-12-21-16-17(19(20)24)22-15-10-6-5-9-14(15)18(16)23(12)11-13-7-3-2-4-8-13;1-4-2-3(5)6;/h2-10H,11H2,1H3,(H2,20,24);4H,2H2,1H3,(H,5,6);1H. The zero-order valence-electron chi connectivity index (χ0n) is 17.2. The van der Waals surface area contributed by atoms with E-state index in [-0.39, 0.29) is 29.2 Å². The van der Waals surface area contributed by atoms with Crippen molar-refractivity contribution in [2.45, 2.75) is 13.5 Å². The zero-order valence-corrected chi connectivity index (χ0v) is 18.9. The predicted octanol–water partition coefficient (Wildman–Crippen LogP) is 2.91. The Hall–Kier alpha value is -3.30. The molecule has 0 saturated carbocycles. The van der Waals surface area contributed by atoms with E-state index in [0.29, 0.717) is 12.1 Å². The minimum absolute atomic E-state index is 0. The van der Waals surface area contributed by atoms with Gasteiger partial charge in [0.15, 0.2) is 5.69 Å². The number of imidazole rings is 1. The first kappa shape index (κ1) is 24.0. The first-order valence-corrected chi connectivity index (χ1v) is 9.38. The second kappa shape index (κ2) is 10.6. The summed E-state index contributed by atoms with van der Waals surface area (Å²) in [6.07, 6.45) is 0. The number of primary amides is 1. The number of halogens is 1. The lowest BCUT2D eigenvalue weighted by atomic mass is 10.1. The number of aryl methyl sites for hydroxylation is 1. The van der Waals surface area contributed by atoms with Crippen LogP contribution in [0.3, 0.4) is 0 Å². The maximum Gasteiger partial charge on any atom is 0.317 e. The molecule has 162 valence electrons. The minimum atomic E-state index is -0.822. The molecular formula is C22H24BrN5O3. The molecule has 4 N–H and O–H groups in total. The molecule has 9 heteroatoms. The van der Waals surface area contributed by atoms with Crippen LogP contribution in [0.5, 0.6) is 0 Å². The molecule has 2 heterocycles. The van der Waals surface area contributed by atoms with Crippen molar-refractivity contribution in [1.82, 2.24) is 19.9 Å².